The van der Waals surface area contributed by atoms with Crippen molar-refractivity contribution in [2.75, 3.05) is 5.32 Å². The summed E-state index contributed by atoms with van der Waals surface area (Å²) in [7, 11) is 0. The van der Waals surface area contributed by atoms with Gasteiger partial charge in [-0.15, -0.1) is 0 Å². The SMILES string of the molecule is CCC[C@H](Nc1ccc(C)c(C)c1)C(=O)O. The van der Waals surface area contributed by atoms with Gasteiger partial charge in [-0.2, -0.15) is 0 Å². The van der Waals surface area contributed by atoms with Gasteiger partial charge in [0.25, 0.3) is 0 Å². The standard InChI is InChI=1S/C13H19NO2/c1-4-5-12(13(15)16)14-11-7-6-9(2)10(3)8-11/h6-8,12,14H,4-5H2,1-3H3,(H,15,16)/t12-/m0/s1. The Labute approximate surface area is 96.5 Å². The van der Waals surface area contributed by atoms with Crippen molar-refractivity contribution in [3.8, 4) is 0 Å². The van der Waals surface area contributed by atoms with E-state index in [1.54, 1.807) is 0 Å². The Kier molecular flexibility index (Phi) is 4.35. The minimum absolute atomic E-state index is 0.493. The van der Waals surface area contributed by atoms with Crippen LogP contribution in [0.25, 0.3) is 0 Å². The average molecular weight is 221 g/mol. The molecule has 16 heavy (non-hydrogen) atoms. The Hall–Kier alpha value is -1.51. The average Bonchev–Trinajstić information content (AvgIpc) is 2.22. The van der Waals surface area contributed by atoms with E-state index in [4.69, 9.17) is 5.11 Å². The molecule has 3 nitrogen and oxygen atoms in total. The molecule has 2 N–H and O–H groups in total. The van der Waals surface area contributed by atoms with E-state index >= 15 is 0 Å². The minimum Gasteiger partial charge on any atom is -0.480 e. The lowest BCUT2D eigenvalue weighted by atomic mass is 10.1. The lowest BCUT2D eigenvalue weighted by molar-refractivity contribution is -0.138. The van der Waals surface area contributed by atoms with Gasteiger partial charge in [-0.1, -0.05) is 19.4 Å². The topological polar surface area (TPSA) is 49.3 Å². The molecule has 1 aromatic carbocycles. The molecule has 1 rings (SSSR count). The van der Waals surface area contributed by atoms with Crippen LogP contribution in [0.4, 0.5) is 5.69 Å². The van der Waals surface area contributed by atoms with E-state index in [2.05, 4.69) is 5.32 Å². The summed E-state index contributed by atoms with van der Waals surface area (Å²) in [6, 6.07) is 5.42. The molecule has 0 amide bonds. The van der Waals surface area contributed by atoms with Gasteiger partial charge in [-0.25, -0.2) is 4.79 Å². The van der Waals surface area contributed by atoms with Crippen molar-refractivity contribution in [3.05, 3.63) is 29.3 Å². The van der Waals surface area contributed by atoms with Crippen molar-refractivity contribution < 1.29 is 9.90 Å². The van der Waals surface area contributed by atoms with Crippen molar-refractivity contribution in [2.24, 2.45) is 0 Å². The third kappa shape index (κ3) is 3.26. The number of benzene rings is 1. The van der Waals surface area contributed by atoms with Crippen molar-refractivity contribution in [2.45, 2.75) is 39.7 Å². The maximum Gasteiger partial charge on any atom is 0.326 e. The molecular formula is C13H19NO2. The second-order valence-electron chi connectivity index (χ2n) is 4.12. The van der Waals surface area contributed by atoms with Crippen LogP contribution in [0.3, 0.4) is 0 Å². The highest BCUT2D eigenvalue weighted by Gasteiger charge is 2.15. The van der Waals surface area contributed by atoms with E-state index in [0.717, 1.165) is 12.1 Å². The van der Waals surface area contributed by atoms with Crippen LogP contribution in [0.2, 0.25) is 0 Å². The first-order valence-corrected chi connectivity index (χ1v) is 5.61. The molecule has 0 saturated heterocycles. The van der Waals surface area contributed by atoms with Gasteiger partial charge in [0.15, 0.2) is 0 Å². The van der Waals surface area contributed by atoms with Crippen LogP contribution in [0, 0.1) is 13.8 Å². The molecule has 0 bridgehead atoms. The maximum absolute atomic E-state index is 11.0. The van der Waals surface area contributed by atoms with E-state index in [-0.39, 0.29) is 0 Å². The monoisotopic (exact) mass is 221 g/mol. The zero-order chi connectivity index (χ0) is 12.1. The second-order valence-corrected chi connectivity index (χ2v) is 4.12. The lowest BCUT2D eigenvalue weighted by Crippen LogP contribution is -2.28. The molecule has 0 heterocycles. The number of carbonyl (C=O) groups is 1. The van der Waals surface area contributed by atoms with Gasteiger partial charge in [0, 0.05) is 5.69 Å². The molecule has 3 heteroatoms. The molecule has 0 aliphatic rings. The molecule has 1 atom stereocenters. The van der Waals surface area contributed by atoms with Crippen LogP contribution in [-0.4, -0.2) is 17.1 Å². The summed E-state index contributed by atoms with van der Waals surface area (Å²) in [5, 5.41) is 12.1. The third-order valence-corrected chi connectivity index (χ3v) is 2.72. The Morgan fingerprint density at radius 3 is 2.56 bits per heavy atom. The summed E-state index contributed by atoms with van der Waals surface area (Å²) >= 11 is 0. The zero-order valence-electron chi connectivity index (χ0n) is 10.1. The number of aliphatic carboxylic acids is 1. The molecule has 0 fully saturated rings. The van der Waals surface area contributed by atoms with Crippen LogP contribution in [0.15, 0.2) is 18.2 Å². The second kappa shape index (κ2) is 5.54. The largest absolute Gasteiger partial charge is 0.480 e. The Morgan fingerprint density at radius 1 is 1.38 bits per heavy atom. The fourth-order valence-corrected chi connectivity index (χ4v) is 1.58. The summed E-state index contributed by atoms with van der Waals surface area (Å²) in [4.78, 5) is 11.0. The van der Waals surface area contributed by atoms with Gasteiger partial charge < -0.3 is 10.4 Å². The highest BCUT2D eigenvalue weighted by molar-refractivity contribution is 5.77. The molecule has 88 valence electrons. The number of hydrogen-bond acceptors (Lipinski definition) is 2. The molecule has 0 aliphatic carbocycles. The van der Waals surface area contributed by atoms with E-state index in [9.17, 15) is 4.79 Å². The zero-order valence-corrected chi connectivity index (χ0v) is 10.1. The van der Waals surface area contributed by atoms with Crippen LogP contribution >= 0.6 is 0 Å². The van der Waals surface area contributed by atoms with Crippen LogP contribution in [0.1, 0.15) is 30.9 Å². The van der Waals surface area contributed by atoms with Gasteiger partial charge in [0.2, 0.25) is 0 Å². The van der Waals surface area contributed by atoms with Crippen molar-refractivity contribution >= 4 is 11.7 Å². The van der Waals surface area contributed by atoms with Crippen LogP contribution in [-0.2, 0) is 4.79 Å². The molecule has 1 aromatic rings. The Morgan fingerprint density at radius 2 is 2.06 bits per heavy atom. The quantitative estimate of drug-likeness (QED) is 0.803. The normalized spacial score (nSPS) is 12.2. The van der Waals surface area contributed by atoms with Crippen LogP contribution < -0.4 is 5.32 Å². The van der Waals surface area contributed by atoms with Crippen LogP contribution in [0.5, 0.6) is 0 Å². The first-order valence-electron chi connectivity index (χ1n) is 5.61. The highest BCUT2D eigenvalue weighted by Crippen LogP contribution is 2.16. The predicted octanol–water partition coefficient (Wildman–Crippen LogP) is 2.97. The van der Waals surface area contributed by atoms with Crippen molar-refractivity contribution in [1.29, 1.82) is 0 Å². The smallest absolute Gasteiger partial charge is 0.326 e. The first kappa shape index (κ1) is 12.6. The Balaban J connectivity index is 2.77. The molecule has 0 unspecified atom stereocenters. The number of carboxylic acid groups (broad SMARTS) is 1. The molecule has 0 saturated carbocycles. The van der Waals surface area contributed by atoms with Gasteiger partial charge in [-0.05, 0) is 43.5 Å². The summed E-state index contributed by atoms with van der Waals surface area (Å²) in [6.07, 6.45) is 1.50. The molecule has 0 radical (unpaired) electrons. The first-order chi connectivity index (χ1) is 7.54. The number of hydrogen-bond donors (Lipinski definition) is 2. The molecule has 0 aliphatic heterocycles. The minimum atomic E-state index is -0.792. The Bertz CT molecular complexity index is 374. The van der Waals surface area contributed by atoms with Gasteiger partial charge in [0.05, 0.1) is 0 Å². The van der Waals surface area contributed by atoms with Crippen molar-refractivity contribution in [3.63, 3.8) is 0 Å². The molecular weight excluding hydrogens is 202 g/mol. The summed E-state index contributed by atoms with van der Waals surface area (Å²) in [6.45, 7) is 6.05. The number of anilines is 1. The summed E-state index contributed by atoms with van der Waals surface area (Å²) < 4.78 is 0. The summed E-state index contributed by atoms with van der Waals surface area (Å²) in [5.74, 6) is -0.792. The van der Waals surface area contributed by atoms with E-state index in [1.807, 2.05) is 39.0 Å². The van der Waals surface area contributed by atoms with E-state index < -0.39 is 12.0 Å². The lowest BCUT2D eigenvalue weighted by Gasteiger charge is -2.15. The maximum atomic E-state index is 11.0. The molecule has 0 aromatic heterocycles. The third-order valence-electron chi connectivity index (χ3n) is 2.72. The van der Waals surface area contributed by atoms with E-state index in [0.29, 0.717) is 6.42 Å². The van der Waals surface area contributed by atoms with Gasteiger partial charge in [0.1, 0.15) is 6.04 Å². The van der Waals surface area contributed by atoms with Crippen molar-refractivity contribution in [1.82, 2.24) is 0 Å². The summed E-state index contributed by atoms with van der Waals surface area (Å²) in [5.41, 5.74) is 3.27. The number of nitrogens with one attached hydrogen (secondary N) is 1. The number of carboxylic acids is 1. The van der Waals surface area contributed by atoms with Gasteiger partial charge >= 0.3 is 5.97 Å². The predicted molar refractivity (Wildman–Crippen MR) is 65.9 cm³/mol. The number of rotatable bonds is 5. The number of aryl methyl sites for hydroxylation is 2. The fourth-order valence-electron chi connectivity index (χ4n) is 1.58. The molecule has 0 spiro atoms. The fraction of sp³-hybridized carbons (Fsp3) is 0.462. The van der Waals surface area contributed by atoms with E-state index in [1.165, 1.54) is 11.1 Å². The highest BCUT2D eigenvalue weighted by atomic mass is 16.4. The van der Waals surface area contributed by atoms with Gasteiger partial charge in [-0.3, -0.25) is 0 Å².